The number of anilines is 3. The average molecular weight is 324 g/mol. The molecule has 0 aliphatic heterocycles. The van der Waals surface area contributed by atoms with Crippen molar-refractivity contribution in [1.29, 1.82) is 5.26 Å². The molecule has 2 aromatic carbocycles. The second-order valence-electron chi connectivity index (χ2n) is 4.13. The van der Waals surface area contributed by atoms with Crippen LogP contribution in [0.3, 0.4) is 0 Å². The standard InChI is InChI=1S/C13H10ClN3O3S/c14-11-4-5-12(16)13(10(11)7-15)17-8-2-1-3-9(6-8)21(18,19)20/h1-6,17H,16H2,(H,18,19,20). The molecular weight excluding hydrogens is 314 g/mol. The zero-order valence-electron chi connectivity index (χ0n) is 10.5. The summed E-state index contributed by atoms with van der Waals surface area (Å²) in [5.41, 5.74) is 6.85. The van der Waals surface area contributed by atoms with Crippen LogP contribution in [-0.2, 0) is 10.1 Å². The first-order valence-electron chi connectivity index (χ1n) is 5.65. The van der Waals surface area contributed by atoms with Crippen LogP contribution in [0.1, 0.15) is 5.56 Å². The average Bonchev–Trinajstić information content (AvgIpc) is 2.43. The summed E-state index contributed by atoms with van der Waals surface area (Å²) in [6.45, 7) is 0. The fraction of sp³-hybridized carbons (Fsp3) is 0. The highest BCUT2D eigenvalue weighted by molar-refractivity contribution is 7.85. The molecule has 0 aromatic heterocycles. The fourth-order valence-electron chi connectivity index (χ4n) is 1.72. The van der Waals surface area contributed by atoms with Crippen molar-refractivity contribution >= 4 is 38.8 Å². The van der Waals surface area contributed by atoms with Gasteiger partial charge in [-0.25, -0.2) is 0 Å². The molecule has 0 heterocycles. The molecule has 0 radical (unpaired) electrons. The van der Waals surface area contributed by atoms with Crippen LogP contribution in [0.4, 0.5) is 17.1 Å². The van der Waals surface area contributed by atoms with Gasteiger partial charge < -0.3 is 11.1 Å². The zero-order chi connectivity index (χ0) is 15.6. The van der Waals surface area contributed by atoms with E-state index in [4.69, 9.17) is 27.1 Å². The van der Waals surface area contributed by atoms with Gasteiger partial charge in [0.05, 0.1) is 26.9 Å². The third kappa shape index (κ3) is 3.25. The summed E-state index contributed by atoms with van der Waals surface area (Å²) in [6.07, 6.45) is 0. The van der Waals surface area contributed by atoms with E-state index in [-0.39, 0.29) is 26.9 Å². The van der Waals surface area contributed by atoms with E-state index < -0.39 is 10.1 Å². The largest absolute Gasteiger partial charge is 0.397 e. The molecule has 0 atom stereocenters. The van der Waals surface area contributed by atoms with E-state index in [9.17, 15) is 8.42 Å². The van der Waals surface area contributed by atoms with Gasteiger partial charge in [0.1, 0.15) is 6.07 Å². The Labute approximate surface area is 126 Å². The quantitative estimate of drug-likeness (QED) is 0.590. The number of hydrogen-bond acceptors (Lipinski definition) is 5. The Morgan fingerprint density at radius 3 is 2.62 bits per heavy atom. The molecule has 0 amide bonds. The van der Waals surface area contributed by atoms with Crippen LogP contribution in [0.25, 0.3) is 0 Å². The van der Waals surface area contributed by atoms with Gasteiger partial charge in [0.2, 0.25) is 0 Å². The third-order valence-corrected chi connectivity index (χ3v) is 3.86. The molecule has 0 aliphatic rings. The van der Waals surface area contributed by atoms with E-state index in [1.807, 2.05) is 6.07 Å². The van der Waals surface area contributed by atoms with Crippen molar-refractivity contribution in [3.05, 3.63) is 47.0 Å². The SMILES string of the molecule is N#Cc1c(Cl)ccc(N)c1Nc1cccc(S(=O)(=O)O)c1. The highest BCUT2D eigenvalue weighted by Gasteiger charge is 2.13. The minimum Gasteiger partial charge on any atom is -0.397 e. The Morgan fingerprint density at radius 1 is 1.29 bits per heavy atom. The van der Waals surface area contributed by atoms with Gasteiger partial charge in [-0.15, -0.1) is 0 Å². The van der Waals surface area contributed by atoms with Gasteiger partial charge in [0, 0.05) is 5.69 Å². The van der Waals surface area contributed by atoms with E-state index in [1.165, 1.54) is 30.3 Å². The Balaban J connectivity index is 2.49. The van der Waals surface area contributed by atoms with Gasteiger partial charge in [0.15, 0.2) is 0 Å². The number of nitriles is 1. The Kier molecular flexibility index (Phi) is 4.04. The summed E-state index contributed by atoms with van der Waals surface area (Å²) < 4.78 is 31.2. The van der Waals surface area contributed by atoms with Crippen LogP contribution in [-0.4, -0.2) is 13.0 Å². The van der Waals surface area contributed by atoms with E-state index in [2.05, 4.69) is 5.32 Å². The molecule has 2 rings (SSSR count). The monoisotopic (exact) mass is 323 g/mol. The molecule has 0 saturated carbocycles. The van der Waals surface area contributed by atoms with Gasteiger partial charge in [-0.05, 0) is 30.3 Å². The maximum atomic E-state index is 11.1. The van der Waals surface area contributed by atoms with Crippen LogP contribution in [0.2, 0.25) is 5.02 Å². The lowest BCUT2D eigenvalue weighted by Gasteiger charge is -2.12. The highest BCUT2D eigenvalue weighted by atomic mass is 35.5. The van der Waals surface area contributed by atoms with Crippen LogP contribution in [0.5, 0.6) is 0 Å². The maximum absolute atomic E-state index is 11.1. The summed E-state index contributed by atoms with van der Waals surface area (Å²) in [5.74, 6) is 0. The summed E-state index contributed by atoms with van der Waals surface area (Å²) in [6, 6.07) is 10.4. The van der Waals surface area contributed by atoms with Crippen molar-refractivity contribution in [2.24, 2.45) is 0 Å². The van der Waals surface area contributed by atoms with Gasteiger partial charge >= 0.3 is 0 Å². The van der Waals surface area contributed by atoms with E-state index in [0.29, 0.717) is 5.69 Å². The summed E-state index contributed by atoms with van der Waals surface area (Å²) >= 11 is 5.92. The molecule has 6 nitrogen and oxygen atoms in total. The number of nitrogens with one attached hydrogen (secondary N) is 1. The molecular formula is C13H10ClN3O3S. The van der Waals surface area contributed by atoms with E-state index in [0.717, 1.165) is 0 Å². The molecule has 108 valence electrons. The van der Waals surface area contributed by atoms with Crippen LogP contribution >= 0.6 is 11.6 Å². The minimum atomic E-state index is -4.31. The number of halogens is 1. The number of nitrogen functional groups attached to an aromatic ring is 1. The molecule has 0 unspecified atom stereocenters. The number of nitrogens with zero attached hydrogens (tertiary/aromatic N) is 1. The number of hydrogen-bond donors (Lipinski definition) is 3. The Hall–Kier alpha value is -2.27. The van der Waals surface area contributed by atoms with Crippen molar-refractivity contribution < 1.29 is 13.0 Å². The Morgan fingerprint density at radius 2 is 2.00 bits per heavy atom. The molecule has 0 bridgehead atoms. The van der Waals surface area contributed by atoms with Crippen molar-refractivity contribution in [3.63, 3.8) is 0 Å². The van der Waals surface area contributed by atoms with Crippen molar-refractivity contribution in [1.82, 2.24) is 0 Å². The highest BCUT2D eigenvalue weighted by Crippen LogP contribution is 2.32. The first kappa shape index (κ1) is 15.1. The molecule has 0 aliphatic carbocycles. The summed E-state index contributed by atoms with van der Waals surface area (Å²) in [5, 5.41) is 12.2. The smallest absolute Gasteiger partial charge is 0.294 e. The van der Waals surface area contributed by atoms with Crippen LogP contribution < -0.4 is 11.1 Å². The van der Waals surface area contributed by atoms with Crippen molar-refractivity contribution in [2.75, 3.05) is 11.1 Å². The first-order valence-corrected chi connectivity index (χ1v) is 7.47. The lowest BCUT2D eigenvalue weighted by atomic mass is 10.1. The zero-order valence-corrected chi connectivity index (χ0v) is 12.1. The van der Waals surface area contributed by atoms with Gasteiger partial charge in [-0.2, -0.15) is 13.7 Å². The molecule has 4 N–H and O–H groups in total. The predicted molar refractivity (Wildman–Crippen MR) is 80.1 cm³/mol. The van der Waals surface area contributed by atoms with Crippen LogP contribution in [0, 0.1) is 11.3 Å². The van der Waals surface area contributed by atoms with E-state index >= 15 is 0 Å². The van der Waals surface area contributed by atoms with E-state index in [1.54, 1.807) is 6.07 Å². The second-order valence-corrected chi connectivity index (χ2v) is 5.96. The van der Waals surface area contributed by atoms with Gasteiger partial charge in [0.25, 0.3) is 10.1 Å². The second kappa shape index (κ2) is 5.61. The van der Waals surface area contributed by atoms with Crippen molar-refractivity contribution in [3.8, 4) is 6.07 Å². The van der Waals surface area contributed by atoms with Gasteiger partial charge in [-0.1, -0.05) is 17.7 Å². The normalized spacial score (nSPS) is 10.9. The number of nitrogens with two attached hydrogens (primary N) is 1. The van der Waals surface area contributed by atoms with Crippen LogP contribution in [0.15, 0.2) is 41.3 Å². The fourth-order valence-corrected chi connectivity index (χ4v) is 2.44. The number of benzene rings is 2. The minimum absolute atomic E-state index is 0.147. The summed E-state index contributed by atoms with van der Waals surface area (Å²) in [7, 11) is -4.31. The lowest BCUT2D eigenvalue weighted by molar-refractivity contribution is 0.483. The first-order chi connectivity index (χ1) is 9.82. The summed E-state index contributed by atoms with van der Waals surface area (Å²) in [4.78, 5) is -0.272. The van der Waals surface area contributed by atoms with Gasteiger partial charge in [-0.3, -0.25) is 4.55 Å². The third-order valence-electron chi connectivity index (χ3n) is 2.70. The molecule has 0 saturated heterocycles. The molecule has 0 fully saturated rings. The lowest BCUT2D eigenvalue weighted by Crippen LogP contribution is -2.02. The molecule has 21 heavy (non-hydrogen) atoms. The topological polar surface area (TPSA) is 116 Å². The van der Waals surface area contributed by atoms with Crippen molar-refractivity contribution in [2.45, 2.75) is 4.90 Å². The molecule has 8 heteroatoms. The Bertz CT molecular complexity index is 844. The number of rotatable bonds is 3. The maximum Gasteiger partial charge on any atom is 0.294 e. The predicted octanol–water partition coefficient (Wildman–Crippen LogP) is 2.78. The molecule has 2 aromatic rings. The molecule has 0 spiro atoms.